The first-order valence-electron chi connectivity index (χ1n) is 6.77. The highest BCUT2D eigenvalue weighted by molar-refractivity contribution is 8.00. The summed E-state index contributed by atoms with van der Waals surface area (Å²) in [6, 6.07) is 3.91. The van der Waals surface area contributed by atoms with Crippen LogP contribution in [0.4, 0.5) is 0 Å². The summed E-state index contributed by atoms with van der Waals surface area (Å²) in [6.45, 7) is 6.26. The quantitative estimate of drug-likeness (QED) is 0.722. The second-order valence-corrected chi connectivity index (χ2v) is 5.73. The van der Waals surface area contributed by atoms with Crippen LogP contribution in [0, 0.1) is 6.92 Å². The summed E-state index contributed by atoms with van der Waals surface area (Å²) in [7, 11) is 0. The smallest absolute Gasteiger partial charge is 0.233 e. The number of amides is 1. The Kier molecular flexibility index (Phi) is 5.34. The van der Waals surface area contributed by atoms with Crippen LogP contribution >= 0.6 is 11.8 Å². The molecule has 0 bridgehead atoms. The maximum absolute atomic E-state index is 11.9. The molecule has 1 aromatic heterocycles. The molecule has 0 aromatic carbocycles. The Morgan fingerprint density at radius 1 is 1.47 bits per heavy atom. The molecule has 19 heavy (non-hydrogen) atoms. The van der Waals surface area contributed by atoms with Crippen molar-refractivity contribution in [2.24, 2.45) is 0 Å². The minimum absolute atomic E-state index is 0.0346. The zero-order chi connectivity index (χ0) is 13.7. The highest BCUT2D eigenvalue weighted by Crippen LogP contribution is 2.39. The van der Waals surface area contributed by atoms with Gasteiger partial charge in [0.05, 0.1) is 5.75 Å². The van der Waals surface area contributed by atoms with Gasteiger partial charge in [-0.15, -0.1) is 11.8 Å². The minimum atomic E-state index is 0.0346. The third-order valence-corrected chi connectivity index (χ3v) is 4.22. The molecule has 0 N–H and O–H groups in total. The third-order valence-electron chi connectivity index (χ3n) is 3.01. The third kappa shape index (κ3) is 3.76. The van der Waals surface area contributed by atoms with Gasteiger partial charge in [0, 0.05) is 19.8 Å². The Morgan fingerprint density at radius 2 is 2.32 bits per heavy atom. The topological polar surface area (TPSA) is 42.7 Å². The summed E-state index contributed by atoms with van der Waals surface area (Å²) in [6.07, 6.45) is 1.91. The van der Waals surface area contributed by atoms with Gasteiger partial charge in [-0.25, -0.2) is 0 Å². The van der Waals surface area contributed by atoms with Gasteiger partial charge in [-0.1, -0.05) is 6.92 Å². The number of carbonyl (C=O) groups is 1. The number of furan rings is 1. The van der Waals surface area contributed by atoms with E-state index in [2.05, 4.69) is 6.92 Å². The van der Waals surface area contributed by atoms with Gasteiger partial charge < -0.3 is 14.1 Å². The second kappa shape index (κ2) is 7.01. The lowest BCUT2D eigenvalue weighted by Gasteiger charge is -2.22. The van der Waals surface area contributed by atoms with Crippen LogP contribution in [0.5, 0.6) is 0 Å². The van der Waals surface area contributed by atoms with E-state index < -0.39 is 0 Å². The molecule has 0 radical (unpaired) electrons. The molecule has 1 aliphatic rings. The Morgan fingerprint density at radius 3 is 3.00 bits per heavy atom. The molecule has 0 spiro atoms. The Labute approximate surface area is 118 Å². The van der Waals surface area contributed by atoms with Crippen LogP contribution in [-0.4, -0.2) is 36.3 Å². The molecular formula is C14H21NO3S. The van der Waals surface area contributed by atoms with Gasteiger partial charge in [-0.3, -0.25) is 4.79 Å². The average Bonchev–Trinajstić information content (AvgIpc) is 2.96. The van der Waals surface area contributed by atoms with E-state index in [4.69, 9.17) is 9.15 Å². The monoisotopic (exact) mass is 283 g/mol. The fraction of sp³-hybridized carbons (Fsp3) is 0.643. The number of thioether (sulfide) groups is 1. The molecule has 1 amide bonds. The first-order chi connectivity index (χ1) is 9.22. The first-order valence-corrected chi connectivity index (χ1v) is 7.82. The number of aryl methyl sites for hydroxylation is 1. The van der Waals surface area contributed by atoms with Crippen molar-refractivity contribution in [3.8, 4) is 0 Å². The van der Waals surface area contributed by atoms with Gasteiger partial charge in [-0.2, -0.15) is 0 Å². The zero-order valence-electron chi connectivity index (χ0n) is 11.6. The summed E-state index contributed by atoms with van der Waals surface area (Å²) in [5.41, 5.74) is 0. The lowest BCUT2D eigenvalue weighted by atomic mass is 10.3. The zero-order valence-corrected chi connectivity index (χ0v) is 12.4. The van der Waals surface area contributed by atoms with Gasteiger partial charge in [0.1, 0.15) is 16.9 Å². The molecule has 1 unspecified atom stereocenters. The van der Waals surface area contributed by atoms with Crippen molar-refractivity contribution in [2.75, 3.05) is 25.5 Å². The van der Waals surface area contributed by atoms with Crippen molar-refractivity contribution < 1.29 is 13.9 Å². The number of ether oxygens (including phenoxy) is 1. The van der Waals surface area contributed by atoms with E-state index in [-0.39, 0.29) is 11.3 Å². The fourth-order valence-electron chi connectivity index (χ4n) is 2.10. The standard InChI is InChI=1S/C14H21NO3S/c1-3-8-17-9-4-7-15-13(16)10-19-14(15)12-6-5-11(2)18-12/h5-6,14H,3-4,7-10H2,1-2H3. The second-order valence-electron chi connectivity index (χ2n) is 4.66. The van der Waals surface area contributed by atoms with E-state index in [1.54, 1.807) is 11.8 Å². The molecule has 1 atom stereocenters. The van der Waals surface area contributed by atoms with Crippen LogP contribution in [0.25, 0.3) is 0 Å². The van der Waals surface area contributed by atoms with Gasteiger partial charge in [0.15, 0.2) is 0 Å². The Balaban J connectivity index is 1.87. The SMILES string of the molecule is CCCOCCCN1C(=O)CSC1c1ccc(C)o1. The van der Waals surface area contributed by atoms with Crippen molar-refractivity contribution in [2.45, 2.75) is 32.1 Å². The number of rotatable bonds is 7. The normalized spacial score (nSPS) is 19.4. The summed E-state index contributed by atoms with van der Waals surface area (Å²) in [5, 5.41) is 0.0346. The molecule has 0 aliphatic carbocycles. The molecule has 1 aliphatic heterocycles. The largest absolute Gasteiger partial charge is 0.463 e. The molecule has 0 saturated carbocycles. The van der Waals surface area contributed by atoms with Crippen molar-refractivity contribution in [3.63, 3.8) is 0 Å². The van der Waals surface area contributed by atoms with Crippen molar-refractivity contribution >= 4 is 17.7 Å². The van der Waals surface area contributed by atoms with Crippen molar-refractivity contribution in [1.29, 1.82) is 0 Å². The van der Waals surface area contributed by atoms with Crippen LogP contribution in [0.2, 0.25) is 0 Å². The van der Waals surface area contributed by atoms with E-state index in [9.17, 15) is 4.79 Å². The van der Waals surface area contributed by atoms with Gasteiger partial charge in [0.25, 0.3) is 0 Å². The van der Waals surface area contributed by atoms with Crippen LogP contribution in [0.1, 0.15) is 36.7 Å². The van der Waals surface area contributed by atoms with Crippen LogP contribution in [0.15, 0.2) is 16.5 Å². The van der Waals surface area contributed by atoms with Crippen LogP contribution in [-0.2, 0) is 9.53 Å². The maximum atomic E-state index is 11.9. The predicted octanol–water partition coefficient (Wildman–Crippen LogP) is 2.98. The molecule has 106 valence electrons. The molecule has 1 fully saturated rings. The van der Waals surface area contributed by atoms with Crippen LogP contribution in [0.3, 0.4) is 0 Å². The Bertz CT molecular complexity index is 419. The van der Waals surface area contributed by atoms with Gasteiger partial charge in [0.2, 0.25) is 5.91 Å². The molecule has 4 nitrogen and oxygen atoms in total. The fourth-order valence-corrected chi connectivity index (χ4v) is 3.26. The van der Waals surface area contributed by atoms with Crippen molar-refractivity contribution in [3.05, 3.63) is 23.7 Å². The molecule has 1 aromatic rings. The van der Waals surface area contributed by atoms with Gasteiger partial charge in [-0.05, 0) is 31.9 Å². The lowest BCUT2D eigenvalue weighted by molar-refractivity contribution is -0.128. The molecule has 2 rings (SSSR count). The van der Waals surface area contributed by atoms with Crippen molar-refractivity contribution in [1.82, 2.24) is 4.90 Å². The Hall–Kier alpha value is -0.940. The number of carbonyl (C=O) groups excluding carboxylic acids is 1. The molecule has 1 saturated heterocycles. The number of nitrogens with zero attached hydrogens (tertiary/aromatic N) is 1. The van der Waals surface area contributed by atoms with Gasteiger partial charge >= 0.3 is 0 Å². The highest BCUT2D eigenvalue weighted by Gasteiger charge is 2.34. The summed E-state index contributed by atoms with van der Waals surface area (Å²) < 4.78 is 11.1. The van der Waals surface area contributed by atoms with Crippen LogP contribution < -0.4 is 0 Å². The molecule has 2 heterocycles. The molecule has 5 heteroatoms. The minimum Gasteiger partial charge on any atom is -0.463 e. The highest BCUT2D eigenvalue weighted by atomic mass is 32.2. The summed E-state index contributed by atoms with van der Waals surface area (Å²) in [5.74, 6) is 2.50. The average molecular weight is 283 g/mol. The molecular weight excluding hydrogens is 262 g/mol. The van der Waals surface area contributed by atoms with E-state index in [0.717, 1.165) is 37.5 Å². The first kappa shape index (κ1) is 14.5. The van der Waals surface area contributed by atoms with E-state index in [0.29, 0.717) is 12.4 Å². The lowest BCUT2D eigenvalue weighted by Crippen LogP contribution is -2.29. The van der Waals surface area contributed by atoms with E-state index >= 15 is 0 Å². The van der Waals surface area contributed by atoms with E-state index in [1.807, 2.05) is 24.0 Å². The summed E-state index contributed by atoms with van der Waals surface area (Å²) >= 11 is 1.64. The summed E-state index contributed by atoms with van der Waals surface area (Å²) in [4.78, 5) is 13.8. The van der Waals surface area contributed by atoms with E-state index in [1.165, 1.54) is 0 Å². The number of hydrogen-bond acceptors (Lipinski definition) is 4. The predicted molar refractivity (Wildman–Crippen MR) is 76.1 cm³/mol. The number of hydrogen-bond donors (Lipinski definition) is 0. The maximum Gasteiger partial charge on any atom is 0.233 e.